The molecule has 0 radical (unpaired) electrons. The van der Waals surface area contributed by atoms with Crippen molar-refractivity contribution in [3.63, 3.8) is 0 Å². The fourth-order valence-corrected chi connectivity index (χ4v) is 5.02. The first-order valence-corrected chi connectivity index (χ1v) is 8.67. The summed E-state index contributed by atoms with van der Waals surface area (Å²) in [6.45, 7) is 6.58. The predicted molar refractivity (Wildman–Crippen MR) is 74.3 cm³/mol. The molecule has 0 aromatic carbocycles. The number of sulfonamides is 1. The van der Waals surface area contributed by atoms with Crippen LogP contribution in [0.5, 0.6) is 0 Å². The Morgan fingerprint density at radius 1 is 1.21 bits per heavy atom. The van der Waals surface area contributed by atoms with E-state index >= 15 is 0 Å². The van der Waals surface area contributed by atoms with Crippen LogP contribution in [0.4, 0.5) is 0 Å². The highest BCUT2D eigenvalue weighted by atomic mass is 32.2. The molecular formula is C13H25NO4S. The molecule has 0 bridgehead atoms. The first-order chi connectivity index (χ1) is 8.85. The average Bonchev–Trinajstić information content (AvgIpc) is 2.72. The van der Waals surface area contributed by atoms with Crippen LogP contribution in [0.3, 0.4) is 0 Å². The Hall–Kier alpha value is -0.620. The maximum Gasteiger partial charge on any atom is 0.306 e. The van der Waals surface area contributed by atoms with Crippen molar-refractivity contribution in [1.82, 2.24) is 4.31 Å². The Balaban J connectivity index is 2.72. The molecule has 1 fully saturated rings. The molecule has 0 aliphatic heterocycles. The van der Waals surface area contributed by atoms with E-state index < -0.39 is 16.0 Å². The zero-order chi connectivity index (χ0) is 14.6. The van der Waals surface area contributed by atoms with Gasteiger partial charge in [-0.25, -0.2) is 12.7 Å². The molecule has 0 aromatic rings. The zero-order valence-corrected chi connectivity index (χ0v) is 12.8. The van der Waals surface area contributed by atoms with E-state index in [4.69, 9.17) is 0 Å². The predicted octanol–water partition coefficient (Wildman–Crippen LogP) is 1.79. The minimum absolute atomic E-state index is 0.0170. The molecule has 0 aromatic heterocycles. The molecule has 5 nitrogen and oxygen atoms in total. The lowest BCUT2D eigenvalue weighted by Gasteiger charge is -2.20. The summed E-state index contributed by atoms with van der Waals surface area (Å²) in [6.07, 6.45) is 2.01. The van der Waals surface area contributed by atoms with Gasteiger partial charge in [0.2, 0.25) is 10.0 Å². The summed E-state index contributed by atoms with van der Waals surface area (Å²) in [5, 5.41) is 9.17. The molecular weight excluding hydrogens is 266 g/mol. The van der Waals surface area contributed by atoms with Crippen molar-refractivity contribution < 1.29 is 18.3 Å². The van der Waals surface area contributed by atoms with Crippen LogP contribution in [0.15, 0.2) is 0 Å². The van der Waals surface area contributed by atoms with Crippen LogP contribution >= 0.6 is 0 Å². The smallest absolute Gasteiger partial charge is 0.306 e. The third kappa shape index (κ3) is 3.92. The van der Waals surface area contributed by atoms with Gasteiger partial charge in [-0.15, -0.1) is 0 Å². The number of nitrogens with zero attached hydrogens (tertiary/aromatic N) is 1. The van der Waals surface area contributed by atoms with E-state index in [1.54, 1.807) is 0 Å². The minimum Gasteiger partial charge on any atom is -0.481 e. The fourth-order valence-electron chi connectivity index (χ4n) is 3.15. The van der Waals surface area contributed by atoms with E-state index in [-0.39, 0.29) is 23.5 Å². The first kappa shape index (κ1) is 16.4. The summed E-state index contributed by atoms with van der Waals surface area (Å²) in [6, 6.07) is 0. The second-order valence-electron chi connectivity index (χ2n) is 5.31. The van der Waals surface area contributed by atoms with E-state index in [1.807, 2.05) is 20.8 Å². The monoisotopic (exact) mass is 291 g/mol. The third-order valence-corrected chi connectivity index (χ3v) is 6.37. The van der Waals surface area contributed by atoms with Crippen LogP contribution in [-0.4, -0.2) is 42.6 Å². The molecule has 1 saturated carbocycles. The van der Waals surface area contributed by atoms with E-state index in [0.717, 1.165) is 6.42 Å². The number of hydrogen-bond acceptors (Lipinski definition) is 3. The topological polar surface area (TPSA) is 74.7 Å². The molecule has 19 heavy (non-hydrogen) atoms. The van der Waals surface area contributed by atoms with Gasteiger partial charge in [-0.3, -0.25) is 4.79 Å². The molecule has 112 valence electrons. The minimum atomic E-state index is -3.25. The molecule has 0 spiro atoms. The highest BCUT2D eigenvalue weighted by molar-refractivity contribution is 7.89. The van der Waals surface area contributed by atoms with Crippen LogP contribution in [0.25, 0.3) is 0 Å². The molecule has 1 aliphatic rings. The maximum absolute atomic E-state index is 12.2. The van der Waals surface area contributed by atoms with Crippen molar-refractivity contribution in [2.45, 2.75) is 40.0 Å². The summed E-state index contributed by atoms with van der Waals surface area (Å²) in [7, 11) is -3.25. The molecule has 0 saturated heterocycles. The summed E-state index contributed by atoms with van der Waals surface area (Å²) in [4.78, 5) is 11.2. The zero-order valence-electron chi connectivity index (χ0n) is 12.0. The number of carboxylic acids is 1. The lowest BCUT2D eigenvalue weighted by atomic mass is 9.94. The number of rotatable bonds is 7. The van der Waals surface area contributed by atoms with Crippen molar-refractivity contribution in [3.05, 3.63) is 0 Å². The standard InChI is InChI=1S/C13H25NO4S/c1-4-11-7-10(8-12(11)13(15)16)9-19(17,18)14(5-2)6-3/h10-12H,4-9H2,1-3H3,(H,15,16)/t10-,11-,12-/m1/s1. The molecule has 1 N–H and O–H groups in total. The lowest BCUT2D eigenvalue weighted by molar-refractivity contribution is -0.143. The Labute approximate surface area is 116 Å². The average molecular weight is 291 g/mol. The number of carbonyl (C=O) groups is 1. The molecule has 0 heterocycles. The van der Waals surface area contributed by atoms with Gasteiger partial charge >= 0.3 is 5.97 Å². The SMILES string of the molecule is CC[C@@H]1C[C@@H](CS(=O)(=O)N(CC)CC)C[C@H]1C(=O)O. The Bertz CT molecular complexity index is 403. The van der Waals surface area contributed by atoms with Crippen LogP contribution in [-0.2, 0) is 14.8 Å². The molecule has 0 amide bonds. The third-order valence-electron chi connectivity index (χ3n) is 4.18. The maximum atomic E-state index is 12.2. The summed E-state index contributed by atoms with van der Waals surface area (Å²) in [5.41, 5.74) is 0. The molecule has 1 rings (SSSR count). The van der Waals surface area contributed by atoms with E-state index in [1.165, 1.54) is 4.31 Å². The van der Waals surface area contributed by atoms with Gasteiger partial charge in [-0.1, -0.05) is 27.2 Å². The van der Waals surface area contributed by atoms with Gasteiger partial charge in [-0.05, 0) is 24.7 Å². The quantitative estimate of drug-likeness (QED) is 0.776. The number of hydrogen-bond donors (Lipinski definition) is 1. The van der Waals surface area contributed by atoms with Crippen LogP contribution < -0.4 is 0 Å². The molecule has 6 heteroatoms. The normalized spacial score (nSPS) is 27.9. The van der Waals surface area contributed by atoms with Crippen LogP contribution in [0, 0.1) is 17.8 Å². The number of carboxylic acid groups (broad SMARTS) is 1. The Morgan fingerprint density at radius 3 is 2.16 bits per heavy atom. The highest BCUT2D eigenvalue weighted by Crippen LogP contribution is 2.39. The summed E-state index contributed by atoms with van der Waals surface area (Å²) >= 11 is 0. The first-order valence-electron chi connectivity index (χ1n) is 7.06. The number of aliphatic carboxylic acids is 1. The van der Waals surface area contributed by atoms with Gasteiger partial charge in [0, 0.05) is 13.1 Å². The van der Waals surface area contributed by atoms with Gasteiger partial charge < -0.3 is 5.11 Å². The summed E-state index contributed by atoms with van der Waals surface area (Å²) in [5.74, 6) is -0.961. The van der Waals surface area contributed by atoms with Gasteiger partial charge in [0.25, 0.3) is 0 Å². The summed E-state index contributed by atoms with van der Waals surface area (Å²) < 4.78 is 25.9. The van der Waals surface area contributed by atoms with Crippen molar-refractivity contribution in [1.29, 1.82) is 0 Å². The van der Waals surface area contributed by atoms with Crippen molar-refractivity contribution in [3.8, 4) is 0 Å². The Kier molecular flexibility index (Phi) is 5.80. The van der Waals surface area contributed by atoms with E-state index in [0.29, 0.717) is 25.9 Å². The van der Waals surface area contributed by atoms with Gasteiger partial charge in [0.1, 0.15) is 0 Å². The van der Waals surface area contributed by atoms with Crippen molar-refractivity contribution >= 4 is 16.0 Å². The molecule has 3 atom stereocenters. The lowest BCUT2D eigenvalue weighted by Crippen LogP contribution is -2.34. The van der Waals surface area contributed by atoms with Crippen molar-refractivity contribution in [2.24, 2.45) is 17.8 Å². The Morgan fingerprint density at radius 2 is 1.79 bits per heavy atom. The highest BCUT2D eigenvalue weighted by Gasteiger charge is 2.39. The van der Waals surface area contributed by atoms with Gasteiger partial charge in [0.15, 0.2) is 0 Å². The molecule has 1 aliphatic carbocycles. The van der Waals surface area contributed by atoms with Crippen LogP contribution in [0.1, 0.15) is 40.0 Å². The second-order valence-corrected chi connectivity index (χ2v) is 7.33. The van der Waals surface area contributed by atoms with E-state index in [9.17, 15) is 18.3 Å². The van der Waals surface area contributed by atoms with E-state index in [2.05, 4.69) is 0 Å². The largest absolute Gasteiger partial charge is 0.481 e. The van der Waals surface area contributed by atoms with Gasteiger partial charge in [-0.2, -0.15) is 0 Å². The fraction of sp³-hybridized carbons (Fsp3) is 0.923. The van der Waals surface area contributed by atoms with Gasteiger partial charge in [0.05, 0.1) is 11.7 Å². The molecule has 0 unspecified atom stereocenters. The van der Waals surface area contributed by atoms with Crippen molar-refractivity contribution in [2.75, 3.05) is 18.8 Å². The second kappa shape index (κ2) is 6.70. The van der Waals surface area contributed by atoms with Crippen LogP contribution in [0.2, 0.25) is 0 Å².